The van der Waals surface area contributed by atoms with Crippen molar-refractivity contribution in [2.24, 2.45) is 5.73 Å². The summed E-state index contributed by atoms with van der Waals surface area (Å²) < 4.78 is 11.0. The molecule has 1 aliphatic heterocycles. The highest BCUT2D eigenvalue weighted by Gasteiger charge is 2.19. The van der Waals surface area contributed by atoms with Crippen LogP contribution in [0.1, 0.15) is 0 Å². The molecule has 2 amide bonds. The second kappa shape index (κ2) is 5.82. The summed E-state index contributed by atoms with van der Waals surface area (Å²) in [7, 11) is -0.793. The van der Waals surface area contributed by atoms with E-state index in [0.717, 1.165) is 0 Å². The third-order valence-electron chi connectivity index (χ3n) is 2.15. The monoisotopic (exact) mass is 233 g/mol. The lowest BCUT2D eigenvalue weighted by atomic mass is 10.4. The van der Waals surface area contributed by atoms with E-state index >= 15 is 0 Å². The zero-order chi connectivity index (χ0) is 11.3. The Labute approximate surface area is 90.6 Å². The number of nitrogens with two attached hydrogens (primary N) is 1. The van der Waals surface area contributed by atoms with Crippen LogP contribution < -0.4 is 11.1 Å². The standard InChI is InChI=1S/C8H15N3O3S/c9-5-7(12)10-6-8(13)11-1-3-15(14)4-2-11/h1-6,9H2,(H,10,12). The molecule has 3 N–H and O–H groups in total. The molecule has 1 aliphatic rings. The summed E-state index contributed by atoms with van der Waals surface area (Å²) in [4.78, 5) is 23.9. The van der Waals surface area contributed by atoms with Crippen LogP contribution in [0.5, 0.6) is 0 Å². The molecule has 15 heavy (non-hydrogen) atoms. The first kappa shape index (κ1) is 12.1. The third-order valence-corrected chi connectivity index (χ3v) is 3.43. The van der Waals surface area contributed by atoms with Gasteiger partial charge in [0, 0.05) is 35.4 Å². The smallest absolute Gasteiger partial charge is 0.242 e. The van der Waals surface area contributed by atoms with Crippen LogP contribution in [-0.4, -0.2) is 58.6 Å². The molecular weight excluding hydrogens is 218 g/mol. The third kappa shape index (κ3) is 3.96. The van der Waals surface area contributed by atoms with Crippen LogP contribution in [0.4, 0.5) is 0 Å². The van der Waals surface area contributed by atoms with Gasteiger partial charge in [0.05, 0.1) is 13.1 Å². The maximum atomic E-state index is 11.5. The minimum Gasteiger partial charge on any atom is -0.346 e. The van der Waals surface area contributed by atoms with Crippen molar-refractivity contribution in [2.75, 3.05) is 37.7 Å². The largest absolute Gasteiger partial charge is 0.346 e. The highest BCUT2D eigenvalue weighted by atomic mass is 32.2. The summed E-state index contributed by atoms with van der Waals surface area (Å²) in [6.07, 6.45) is 0. The van der Waals surface area contributed by atoms with Gasteiger partial charge in [-0.1, -0.05) is 0 Å². The quantitative estimate of drug-likeness (QED) is 0.571. The Morgan fingerprint density at radius 3 is 2.47 bits per heavy atom. The summed E-state index contributed by atoms with van der Waals surface area (Å²) in [6, 6.07) is 0. The Hall–Kier alpha value is -0.950. The van der Waals surface area contributed by atoms with Crippen LogP contribution in [0.2, 0.25) is 0 Å². The predicted octanol–water partition coefficient (Wildman–Crippen LogP) is -2.35. The highest BCUT2D eigenvalue weighted by molar-refractivity contribution is 7.85. The molecule has 0 aromatic heterocycles. The van der Waals surface area contributed by atoms with Crippen molar-refractivity contribution >= 4 is 22.6 Å². The molecule has 1 fully saturated rings. The van der Waals surface area contributed by atoms with Crippen molar-refractivity contribution < 1.29 is 13.8 Å². The van der Waals surface area contributed by atoms with Crippen LogP contribution in [0.3, 0.4) is 0 Å². The SMILES string of the molecule is NCC(=O)NCC(=O)N1CCS(=O)CC1. The van der Waals surface area contributed by atoms with Crippen molar-refractivity contribution in [1.82, 2.24) is 10.2 Å². The van der Waals surface area contributed by atoms with Crippen molar-refractivity contribution in [1.29, 1.82) is 0 Å². The van der Waals surface area contributed by atoms with E-state index in [0.29, 0.717) is 24.6 Å². The van der Waals surface area contributed by atoms with Crippen molar-refractivity contribution in [2.45, 2.75) is 0 Å². The van der Waals surface area contributed by atoms with Gasteiger partial charge in [0.2, 0.25) is 11.8 Å². The Balaban J connectivity index is 2.28. The molecule has 1 saturated heterocycles. The number of hydrogen-bond acceptors (Lipinski definition) is 4. The zero-order valence-electron chi connectivity index (χ0n) is 8.40. The van der Waals surface area contributed by atoms with E-state index < -0.39 is 10.8 Å². The first-order valence-corrected chi connectivity index (χ1v) is 6.22. The van der Waals surface area contributed by atoms with Gasteiger partial charge in [-0.2, -0.15) is 0 Å². The van der Waals surface area contributed by atoms with E-state index in [1.54, 1.807) is 4.90 Å². The molecule has 0 bridgehead atoms. The molecule has 0 aromatic carbocycles. The normalized spacial score (nSPS) is 17.5. The predicted molar refractivity (Wildman–Crippen MR) is 56.5 cm³/mol. The molecule has 0 aromatic rings. The first-order chi connectivity index (χ1) is 7.13. The van der Waals surface area contributed by atoms with Crippen LogP contribution >= 0.6 is 0 Å². The van der Waals surface area contributed by atoms with Gasteiger partial charge in [-0.3, -0.25) is 13.8 Å². The summed E-state index contributed by atoms with van der Waals surface area (Å²) in [6.45, 7) is 0.869. The van der Waals surface area contributed by atoms with Crippen LogP contribution in [0, 0.1) is 0 Å². The molecule has 1 heterocycles. The summed E-state index contributed by atoms with van der Waals surface area (Å²) in [5.74, 6) is 0.560. The average molecular weight is 233 g/mol. The van der Waals surface area contributed by atoms with Crippen molar-refractivity contribution in [3.8, 4) is 0 Å². The van der Waals surface area contributed by atoms with Crippen molar-refractivity contribution in [3.63, 3.8) is 0 Å². The van der Waals surface area contributed by atoms with Gasteiger partial charge in [0.15, 0.2) is 0 Å². The lowest BCUT2D eigenvalue weighted by molar-refractivity contribution is -0.132. The van der Waals surface area contributed by atoms with E-state index in [9.17, 15) is 13.8 Å². The molecule has 0 saturated carbocycles. The Bertz CT molecular complexity index is 272. The Morgan fingerprint density at radius 1 is 1.33 bits per heavy atom. The van der Waals surface area contributed by atoms with Gasteiger partial charge in [0.1, 0.15) is 0 Å². The van der Waals surface area contributed by atoms with Gasteiger partial charge < -0.3 is 16.0 Å². The number of hydrogen-bond donors (Lipinski definition) is 2. The number of rotatable bonds is 3. The fourth-order valence-electron chi connectivity index (χ4n) is 1.25. The topological polar surface area (TPSA) is 92.5 Å². The number of carbonyl (C=O) groups is 2. The Kier molecular flexibility index (Phi) is 4.70. The minimum absolute atomic E-state index is 0.0251. The van der Waals surface area contributed by atoms with Gasteiger partial charge in [-0.15, -0.1) is 0 Å². The fraction of sp³-hybridized carbons (Fsp3) is 0.750. The first-order valence-electron chi connectivity index (χ1n) is 4.73. The van der Waals surface area contributed by atoms with E-state index in [2.05, 4.69) is 5.32 Å². The molecule has 0 spiro atoms. The van der Waals surface area contributed by atoms with Gasteiger partial charge in [-0.25, -0.2) is 0 Å². The number of amides is 2. The maximum Gasteiger partial charge on any atom is 0.242 e. The molecule has 1 rings (SSSR count). The maximum absolute atomic E-state index is 11.5. The van der Waals surface area contributed by atoms with E-state index in [-0.39, 0.29) is 24.9 Å². The lowest BCUT2D eigenvalue weighted by Gasteiger charge is -2.26. The van der Waals surface area contributed by atoms with Gasteiger partial charge in [0.25, 0.3) is 0 Å². The van der Waals surface area contributed by atoms with E-state index in [1.165, 1.54) is 0 Å². The minimum atomic E-state index is -0.793. The second-order valence-electron chi connectivity index (χ2n) is 3.21. The molecular formula is C8H15N3O3S. The summed E-state index contributed by atoms with van der Waals surface area (Å²) in [5, 5.41) is 2.41. The fourth-order valence-corrected chi connectivity index (χ4v) is 2.30. The molecule has 6 nitrogen and oxygen atoms in total. The molecule has 0 atom stereocenters. The van der Waals surface area contributed by atoms with Gasteiger partial charge in [-0.05, 0) is 0 Å². The zero-order valence-corrected chi connectivity index (χ0v) is 9.22. The molecule has 0 unspecified atom stereocenters. The number of carbonyl (C=O) groups excluding carboxylic acids is 2. The van der Waals surface area contributed by atoms with Crippen LogP contribution in [0.25, 0.3) is 0 Å². The number of nitrogens with zero attached hydrogens (tertiary/aromatic N) is 1. The molecule has 0 radical (unpaired) electrons. The van der Waals surface area contributed by atoms with Gasteiger partial charge >= 0.3 is 0 Å². The highest BCUT2D eigenvalue weighted by Crippen LogP contribution is 1.99. The number of nitrogens with one attached hydrogen (secondary N) is 1. The van der Waals surface area contributed by atoms with E-state index in [4.69, 9.17) is 5.73 Å². The Morgan fingerprint density at radius 2 is 1.93 bits per heavy atom. The second-order valence-corrected chi connectivity index (χ2v) is 4.91. The molecule has 0 aliphatic carbocycles. The average Bonchev–Trinajstić information content (AvgIpc) is 2.26. The van der Waals surface area contributed by atoms with Crippen LogP contribution in [-0.2, 0) is 20.4 Å². The van der Waals surface area contributed by atoms with Crippen LogP contribution in [0.15, 0.2) is 0 Å². The summed E-state index contributed by atoms with van der Waals surface area (Å²) in [5.41, 5.74) is 5.08. The lowest BCUT2D eigenvalue weighted by Crippen LogP contribution is -2.47. The summed E-state index contributed by atoms with van der Waals surface area (Å²) >= 11 is 0. The molecule has 86 valence electrons. The van der Waals surface area contributed by atoms with Crippen molar-refractivity contribution in [3.05, 3.63) is 0 Å². The van der Waals surface area contributed by atoms with E-state index in [1.807, 2.05) is 0 Å². The molecule has 7 heteroatoms.